The fraction of sp³-hybridized carbons (Fsp3) is 0.296. The van der Waals surface area contributed by atoms with Gasteiger partial charge in [0.25, 0.3) is 11.8 Å². The Bertz CT molecular complexity index is 1390. The summed E-state index contributed by atoms with van der Waals surface area (Å²) < 4.78 is 1.94. The van der Waals surface area contributed by atoms with Gasteiger partial charge < -0.3 is 15.2 Å². The minimum absolute atomic E-state index is 0.0388. The van der Waals surface area contributed by atoms with Gasteiger partial charge >= 0.3 is 0 Å². The van der Waals surface area contributed by atoms with E-state index in [0.29, 0.717) is 25.1 Å². The maximum atomic E-state index is 13.0. The van der Waals surface area contributed by atoms with E-state index >= 15 is 0 Å². The fourth-order valence-corrected chi connectivity index (χ4v) is 5.04. The minimum atomic E-state index is -0.650. The molecule has 2 N–H and O–H groups in total. The molecule has 0 spiro atoms. The van der Waals surface area contributed by atoms with Crippen LogP contribution in [0.1, 0.15) is 50.4 Å². The number of carbonyl (C=O) groups is 3. The molecule has 10 heteroatoms. The van der Waals surface area contributed by atoms with E-state index in [9.17, 15) is 19.6 Å². The van der Waals surface area contributed by atoms with Crippen LogP contribution in [0.2, 0.25) is 0 Å². The molecule has 0 aliphatic carbocycles. The van der Waals surface area contributed by atoms with Crippen molar-refractivity contribution in [1.82, 2.24) is 14.6 Å². The van der Waals surface area contributed by atoms with Gasteiger partial charge in [0, 0.05) is 37.8 Å². The summed E-state index contributed by atoms with van der Waals surface area (Å²) in [6.07, 6.45) is 3.70. The van der Waals surface area contributed by atoms with Gasteiger partial charge in [-0.3, -0.25) is 19.2 Å². The first kappa shape index (κ1) is 24.2. The van der Waals surface area contributed by atoms with E-state index in [1.54, 1.807) is 42.9 Å². The van der Waals surface area contributed by atoms with Crippen LogP contribution in [0, 0.1) is 17.2 Å². The third-order valence-corrected chi connectivity index (χ3v) is 6.95. The van der Waals surface area contributed by atoms with Crippen molar-refractivity contribution >= 4 is 23.4 Å². The Kier molecular flexibility index (Phi) is 6.46. The molecule has 3 heterocycles. The Morgan fingerprint density at radius 1 is 1.22 bits per heavy atom. The Morgan fingerprint density at radius 3 is 2.57 bits per heavy atom. The number of benzene rings is 2. The van der Waals surface area contributed by atoms with Crippen molar-refractivity contribution < 1.29 is 19.2 Å². The van der Waals surface area contributed by atoms with Crippen molar-refractivity contribution in [2.24, 2.45) is 18.7 Å². The van der Waals surface area contributed by atoms with Crippen LogP contribution in [0.15, 0.2) is 55.0 Å². The zero-order chi connectivity index (χ0) is 26.1. The molecule has 3 amide bonds. The highest BCUT2D eigenvalue weighted by atomic mass is 16.7. The standard InChI is InChI=1S/C27H26N6O4/c1-31-16-30-13-20(31)15-32-14-19(11-18-10-17(12-28)6-7-23(18)32)24(8-9-25(29)34)37-33-26(35)21-4-2-3-5-22(21)27(33)36/h2-7,10,13,16,19,24H,8-9,11,14-15H2,1H3,(H2,29,34). The number of hydrogen-bond donors (Lipinski definition) is 1. The number of amides is 3. The largest absolute Gasteiger partial charge is 0.370 e. The predicted molar refractivity (Wildman–Crippen MR) is 133 cm³/mol. The third kappa shape index (κ3) is 4.69. The lowest BCUT2D eigenvalue weighted by Crippen LogP contribution is -2.45. The molecule has 2 aliphatic rings. The molecule has 0 fully saturated rings. The average molecular weight is 499 g/mol. The number of aryl methyl sites for hydroxylation is 1. The van der Waals surface area contributed by atoms with Gasteiger partial charge in [-0.15, -0.1) is 5.06 Å². The van der Waals surface area contributed by atoms with Crippen LogP contribution in [0.5, 0.6) is 0 Å². The summed E-state index contributed by atoms with van der Waals surface area (Å²) in [6.45, 7) is 1.10. The summed E-state index contributed by atoms with van der Waals surface area (Å²) >= 11 is 0. The zero-order valence-corrected chi connectivity index (χ0v) is 20.3. The number of aromatic nitrogens is 2. The van der Waals surface area contributed by atoms with Gasteiger partial charge in [0.2, 0.25) is 5.91 Å². The fourth-order valence-electron chi connectivity index (χ4n) is 5.04. The molecule has 0 bridgehead atoms. The van der Waals surface area contributed by atoms with Crippen LogP contribution >= 0.6 is 0 Å². The molecule has 5 rings (SSSR count). The highest BCUT2D eigenvalue weighted by Crippen LogP contribution is 2.36. The van der Waals surface area contributed by atoms with Crippen LogP contribution < -0.4 is 10.6 Å². The smallest absolute Gasteiger partial charge is 0.285 e. The second-order valence-corrected chi connectivity index (χ2v) is 9.40. The molecule has 0 saturated carbocycles. The molecule has 0 saturated heterocycles. The Balaban J connectivity index is 1.46. The summed E-state index contributed by atoms with van der Waals surface area (Å²) in [5.41, 5.74) is 9.49. The van der Waals surface area contributed by atoms with Gasteiger partial charge in [-0.1, -0.05) is 12.1 Å². The number of nitrogens with zero attached hydrogens (tertiary/aromatic N) is 5. The molecule has 3 aromatic rings. The van der Waals surface area contributed by atoms with Gasteiger partial charge in [0.15, 0.2) is 0 Å². The number of carbonyl (C=O) groups excluding carboxylic acids is 3. The number of nitriles is 1. The SMILES string of the molecule is Cn1cncc1CN1CC(C(CCC(N)=O)ON2C(=O)c3ccccc3C2=O)Cc2cc(C#N)ccc21. The minimum Gasteiger partial charge on any atom is -0.370 e. The van der Waals surface area contributed by atoms with Crippen LogP contribution in [0.25, 0.3) is 0 Å². The highest BCUT2D eigenvalue weighted by Gasteiger charge is 2.41. The second-order valence-electron chi connectivity index (χ2n) is 9.40. The number of fused-ring (bicyclic) bond motifs is 2. The lowest BCUT2D eigenvalue weighted by Gasteiger charge is -2.39. The molecular formula is C27H26N6O4. The summed E-state index contributed by atoms with van der Waals surface area (Å²) in [4.78, 5) is 50.2. The van der Waals surface area contributed by atoms with Crippen molar-refractivity contribution in [3.8, 4) is 6.07 Å². The van der Waals surface area contributed by atoms with Gasteiger partial charge in [-0.2, -0.15) is 5.26 Å². The van der Waals surface area contributed by atoms with Crippen LogP contribution in [-0.4, -0.2) is 45.0 Å². The molecule has 2 unspecified atom stereocenters. The zero-order valence-electron chi connectivity index (χ0n) is 20.3. The van der Waals surface area contributed by atoms with E-state index in [1.807, 2.05) is 23.7 Å². The number of anilines is 1. The first-order valence-electron chi connectivity index (χ1n) is 12.0. The van der Waals surface area contributed by atoms with Crippen molar-refractivity contribution in [3.05, 3.63) is 82.9 Å². The quantitative estimate of drug-likeness (QED) is 0.471. The van der Waals surface area contributed by atoms with Crippen molar-refractivity contribution in [3.63, 3.8) is 0 Å². The first-order valence-corrected chi connectivity index (χ1v) is 12.0. The highest BCUT2D eigenvalue weighted by molar-refractivity contribution is 6.20. The molecule has 2 aromatic carbocycles. The van der Waals surface area contributed by atoms with Crippen LogP contribution in [-0.2, 0) is 29.6 Å². The summed E-state index contributed by atoms with van der Waals surface area (Å²) in [6, 6.07) is 14.3. The second kappa shape index (κ2) is 9.87. The molecule has 37 heavy (non-hydrogen) atoms. The van der Waals surface area contributed by atoms with Gasteiger partial charge in [-0.25, -0.2) is 4.98 Å². The maximum absolute atomic E-state index is 13.0. The van der Waals surface area contributed by atoms with Gasteiger partial charge in [0.05, 0.1) is 47.4 Å². The number of imidazole rings is 1. The number of nitrogens with two attached hydrogens (primary N) is 1. The Hall–Kier alpha value is -4.49. The van der Waals surface area contributed by atoms with Crippen molar-refractivity contribution in [1.29, 1.82) is 5.26 Å². The molecule has 10 nitrogen and oxygen atoms in total. The van der Waals surface area contributed by atoms with Crippen molar-refractivity contribution in [2.75, 3.05) is 11.4 Å². The van der Waals surface area contributed by atoms with E-state index in [4.69, 9.17) is 10.6 Å². The Morgan fingerprint density at radius 2 is 1.95 bits per heavy atom. The van der Waals surface area contributed by atoms with Gasteiger partial charge in [0.1, 0.15) is 0 Å². The van der Waals surface area contributed by atoms with E-state index < -0.39 is 23.8 Å². The number of rotatable bonds is 8. The summed E-state index contributed by atoms with van der Waals surface area (Å²) in [7, 11) is 1.92. The molecular weight excluding hydrogens is 472 g/mol. The van der Waals surface area contributed by atoms with Crippen LogP contribution in [0.3, 0.4) is 0 Å². The third-order valence-electron chi connectivity index (χ3n) is 6.95. The van der Waals surface area contributed by atoms with Gasteiger partial charge in [-0.05, 0) is 48.7 Å². The molecule has 1 aromatic heterocycles. The number of hydrogen-bond acceptors (Lipinski definition) is 7. The number of imide groups is 1. The first-order chi connectivity index (χ1) is 17.9. The monoisotopic (exact) mass is 498 g/mol. The van der Waals surface area contributed by atoms with Crippen molar-refractivity contribution in [2.45, 2.75) is 31.9 Å². The number of primary amides is 1. The lowest BCUT2D eigenvalue weighted by molar-refractivity contribution is -0.152. The molecule has 0 radical (unpaired) electrons. The summed E-state index contributed by atoms with van der Waals surface area (Å²) in [5.74, 6) is -1.75. The van der Waals surface area contributed by atoms with E-state index in [2.05, 4.69) is 16.0 Å². The number of hydroxylamine groups is 2. The normalized spacial score (nSPS) is 17.4. The topological polar surface area (TPSA) is 135 Å². The molecule has 2 aliphatic heterocycles. The van der Waals surface area contributed by atoms with E-state index in [1.165, 1.54) is 0 Å². The van der Waals surface area contributed by atoms with Crippen LogP contribution in [0.4, 0.5) is 5.69 Å². The lowest BCUT2D eigenvalue weighted by atomic mass is 9.86. The van der Waals surface area contributed by atoms with E-state index in [-0.39, 0.29) is 29.9 Å². The molecule has 188 valence electrons. The maximum Gasteiger partial charge on any atom is 0.285 e. The predicted octanol–water partition coefficient (Wildman–Crippen LogP) is 2.33. The average Bonchev–Trinajstić information content (AvgIpc) is 3.41. The molecule has 2 atom stereocenters. The van der Waals surface area contributed by atoms with E-state index in [0.717, 1.165) is 22.0 Å². The summed E-state index contributed by atoms with van der Waals surface area (Å²) in [5, 5.41) is 10.3. The Labute approximate surface area is 213 Å².